The minimum absolute atomic E-state index is 0.572. The number of benzene rings is 1. The van der Waals surface area contributed by atoms with E-state index in [-0.39, 0.29) is 0 Å². The summed E-state index contributed by atoms with van der Waals surface area (Å²) in [6, 6.07) is 14.2. The van der Waals surface area contributed by atoms with Gasteiger partial charge >= 0.3 is 5.97 Å². The molecule has 0 amide bonds. The molecule has 0 bridgehead atoms. The van der Waals surface area contributed by atoms with Gasteiger partial charge in [0.15, 0.2) is 0 Å². The molecule has 1 aliphatic rings. The average Bonchev–Trinajstić information content (AvgIpc) is 3.36. The summed E-state index contributed by atoms with van der Waals surface area (Å²) in [5, 5.41) is 16.3. The molecule has 1 unspecified atom stereocenters. The molecule has 4 rings (SSSR count). The van der Waals surface area contributed by atoms with Crippen LogP contribution < -0.4 is 0 Å². The number of thiophene rings is 1. The van der Waals surface area contributed by atoms with E-state index in [1.54, 1.807) is 11.3 Å². The molecule has 1 N–H and O–H groups in total. The summed E-state index contributed by atoms with van der Waals surface area (Å²) in [6.07, 6.45) is 2.75. The number of hydrogen-bond acceptors (Lipinski definition) is 4. The van der Waals surface area contributed by atoms with Crippen LogP contribution in [0.3, 0.4) is 0 Å². The van der Waals surface area contributed by atoms with Gasteiger partial charge in [0.2, 0.25) is 0 Å². The Morgan fingerprint density at radius 2 is 2.08 bits per heavy atom. The first kappa shape index (κ1) is 17.0. The molecule has 0 radical (unpaired) electrons. The summed E-state index contributed by atoms with van der Waals surface area (Å²) in [4.78, 5) is 14.9. The van der Waals surface area contributed by atoms with Crippen LogP contribution in [-0.4, -0.2) is 38.8 Å². The van der Waals surface area contributed by atoms with Crippen LogP contribution >= 0.6 is 11.3 Å². The quantitative estimate of drug-likeness (QED) is 0.743. The molecule has 6 heteroatoms. The number of hydrogen-bond donors (Lipinski definition) is 1. The second kappa shape index (κ2) is 6.70. The number of likely N-dealkylation sites (tertiary alicyclic amines) is 1. The molecule has 0 aliphatic carbocycles. The first-order chi connectivity index (χ1) is 12.5. The standard InChI is InChI=1S/C20H21N3O2S/c1-20(19(24)25)9-10-22(14-20)12-15-13-23(16-6-3-2-4-7-16)21-18(15)17-8-5-11-26-17/h2-8,11,13H,9-10,12,14H2,1H3,(H,24,25). The molecule has 0 spiro atoms. The molecule has 1 saturated heterocycles. The zero-order valence-corrected chi connectivity index (χ0v) is 15.4. The van der Waals surface area contributed by atoms with E-state index in [1.807, 2.05) is 48.0 Å². The van der Waals surface area contributed by atoms with Gasteiger partial charge in [-0.15, -0.1) is 11.3 Å². The van der Waals surface area contributed by atoms with E-state index >= 15 is 0 Å². The molecule has 3 aromatic rings. The third-order valence-corrected chi connectivity index (χ3v) is 5.90. The Morgan fingerprint density at radius 1 is 1.27 bits per heavy atom. The van der Waals surface area contributed by atoms with Crippen molar-refractivity contribution in [2.75, 3.05) is 13.1 Å². The Kier molecular flexibility index (Phi) is 4.38. The SMILES string of the molecule is CC1(C(=O)O)CCN(Cc2cn(-c3ccccc3)nc2-c2cccs2)C1. The molecule has 1 fully saturated rings. The van der Waals surface area contributed by atoms with Gasteiger partial charge in [0.05, 0.1) is 16.0 Å². The Hall–Kier alpha value is -2.44. The van der Waals surface area contributed by atoms with Gasteiger partial charge in [0.1, 0.15) is 5.69 Å². The third-order valence-electron chi connectivity index (χ3n) is 5.03. The number of carboxylic acid groups (broad SMARTS) is 1. The molecule has 1 aliphatic heterocycles. The minimum atomic E-state index is -0.710. The van der Waals surface area contributed by atoms with Gasteiger partial charge in [-0.25, -0.2) is 4.68 Å². The number of aromatic nitrogens is 2. The topological polar surface area (TPSA) is 58.4 Å². The zero-order valence-electron chi connectivity index (χ0n) is 14.6. The summed E-state index contributed by atoms with van der Waals surface area (Å²) >= 11 is 1.67. The maximum Gasteiger partial charge on any atom is 0.310 e. The summed E-state index contributed by atoms with van der Waals surface area (Å²) in [5.41, 5.74) is 2.48. The van der Waals surface area contributed by atoms with E-state index < -0.39 is 11.4 Å². The van der Waals surface area contributed by atoms with Crippen LogP contribution in [0.5, 0.6) is 0 Å². The highest BCUT2D eigenvalue weighted by Crippen LogP contribution is 2.33. The van der Waals surface area contributed by atoms with E-state index in [0.717, 1.165) is 28.4 Å². The third kappa shape index (κ3) is 3.18. The van der Waals surface area contributed by atoms with Gasteiger partial charge in [-0.3, -0.25) is 9.69 Å². The minimum Gasteiger partial charge on any atom is -0.481 e. The molecule has 1 atom stereocenters. The monoisotopic (exact) mass is 367 g/mol. The Morgan fingerprint density at radius 3 is 2.73 bits per heavy atom. The predicted octanol–water partition coefficient (Wildman–Crippen LogP) is 3.90. The lowest BCUT2D eigenvalue weighted by Crippen LogP contribution is -2.31. The molecule has 0 saturated carbocycles. The first-order valence-electron chi connectivity index (χ1n) is 8.69. The molecule has 1 aromatic carbocycles. The van der Waals surface area contributed by atoms with Crippen molar-refractivity contribution in [2.45, 2.75) is 19.9 Å². The number of carboxylic acids is 1. The Labute approximate surface area is 156 Å². The van der Waals surface area contributed by atoms with Gasteiger partial charge in [-0.1, -0.05) is 24.3 Å². The Balaban J connectivity index is 1.65. The molecular formula is C20H21N3O2S. The lowest BCUT2D eigenvalue weighted by molar-refractivity contribution is -0.147. The van der Waals surface area contributed by atoms with Gasteiger partial charge in [0, 0.05) is 24.8 Å². The van der Waals surface area contributed by atoms with Crippen LogP contribution in [0, 0.1) is 5.41 Å². The summed E-state index contributed by atoms with van der Waals surface area (Å²) in [6.45, 7) is 3.91. The van der Waals surface area contributed by atoms with Gasteiger partial charge in [-0.2, -0.15) is 5.10 Å². The molecule has 134 valence electrons. The second-order valence-electron chi connectivity index (χ2n) is 7.09. The highest BCUT2D eigenvalue weighted by atomic mass is 32.1. The van der Waals surface area contributed by atoms with Crippen molar-refractivity contribution >= 4 is 17.3 Å². The number of rotatable bonds is 5. The number of aliphatic carboxylic acids is 1. The fraction of sp³-hybridized carbons (Fsp3) is 0.300. The fourth-order valence-corrected chi connectivity index (χ4v) is 4.21. The highest BCUT2D eigenvalue weighted by molar-refractivity contribution is 7.13. The summed E-state index contributed by atoms with van der Waals surface area (Å²) in [7, 11) is 0. The maximum absolute atomic E-state index is 11.5. The normalized spacial score (nSPS) is 20.5. The van der Waals surface area contributed by atoms with Crippen molar-refractivity contribution in [3.63, 3.8) is 0 Å². The predicted molar refractivity (Wildman–Crippen MR) is 103 cm³/mol. The van der Waals surface area contributed by atoms with Crippen LogP contribution in [0.4, 0.5) is 0 Å². The summed E-state index contributed by atoms with van der Waals surface area (Å²) in [5.74, 6) is -0.710. The molecule has 2 aromatic heterocycles. The van der Waals surface area contributed by atoms with Crippen molar-refractivity contribution in [3.05, 3.63) is 59.6 Å². The first-order valence-corrected chi connectivity index (χ1v) is 9.57. The van der Waals surface area contributed by atoms with E-state index in [4.69, 9.17) is 5.10 Å². The average molecular weight is 367 g/mol. The van der Waals surface area contributed by atoms with Gasteiger partial charge < -0.3 is 5.11 Å². The Bertz CT molecular complexity index is 905. The lowest BCUT2D eigenvalue weighted by atomic mass is 9.90. The van der Waals surface area contributed by atoms with Crippen LogP contribution in [0.2, 0.25) is 0 Å². The van der Waals surface area contributed by atoms with Gasteiger partial charge in [0.25, 0.3) is 0 Å². The fourth-order valence-electron chi connectivity index (χ4n) is 3.47. The number of nitrogens with zero attached hydrogens (tertiary/aromatic N) is 3. The van der Waals surface area contributed by atoms with Crippen LogP contribution in [0.25, 0.3) is 16.3 Å². The zero-order chi connectivity index (χ0) is 18.1. The number of carbonyl (C=O) groups is 1. The van der Waals surface area contributed by atoms with Crippen molar-refractivity contribution in [2.24, 2.45) is 5.41 Å². The highest BCUT2D eigenvalue weighted by Gasteiger charge is 2.40. The molecule has 5 nitrogen and oxygen atoms in total. The van der Waals surface area contributed by atoms with Crippen LogP contribution in [-0.2, 0) is 11.3 Å². The molecule has 26 heavy (non-hydrogen) atoms. The largest absolute Gasteiger partial charge is 0.481 e. The van der Waals surface area contributed by atoms with Crippen LogP contribution in [0.1, 0.15) is 18.9 Å². The van der Waals surface area contributed by atoms with Crippen molar-refractivity contribution in [3.8, 4) is 16.3 Å². The van der Waals surface area contributed by atoms with E-state index in [9.17, 15) is 9.90 Å². The second-order valence-corrected chi connectivity index (χ2v) is 8.03. The van der Waals surface area contributed by atoms with E-state index in [0.29, 0.717) is 19.5 Å². The van der Waals surface area contributed by atoms with Crippen molar-refractivity contribution in [1.82, 2.24) is 14.7 Å². The molecular weight excluding hydrogens is 346 g/mol. The van der Waals surface area contributed by atoms with Gasteiger partial charge in [-0.05, 0) is 43.5 Å². The molecule has 3 heterocycles. The van der Waals surface area contributed by atoms with Crippen molar-refractivity contribution in [1.29, 1.82) is 0 Å². The van der Waals surface area contributed by atoms with E-state index in [1.165, 1.54) is 0 Å². The smallest absolute Gasteiger partial charge is 0.310 e. The lowest BCUT2D eigenvalue weighted by Gasteiger charge is -2.19. The summed E-state index contributed by atoms with van der Waals surface area (Å²) < 4.78 is 1.91. The van der Waals surface area contributed by atoms with E-state index in [2.05, 4.69) is 22.5 Å². The maximum atomic E-state index is 11.5. The van der Waals surface area contributed by atoms with Crippen LogP contribution in [0.15, 0.2) is 54.0 Å². The number of para-hydroxylation sites is 1. The van der Waals surface area contributed by atoms with Crippen molar-refractivity contribution < 1.29 is 9.90 Å².